The Hall–Kier alpha value is -1.75. The first-order valence-electron chi connectivity index (χ1n) is 5.38. The molecule has 0 saturated heterocycles. The van der Waals surface area contributed by atoms with Crippen molar-refractivity contribution in [1.29, 1.82) is 0 Å². The second kappa shape index (κ2) is 4.49. The van der Waals surface area contributed by atoms with Gasteiger partial charge in [0.15, 0.2) is 6.23 Å². The summed E-state index contributed by atoms with van der Waals surface area (Å²) in [7, 11) is 0. The topological polar surface area (TPSA) is 23.5 Å². The molecule has 0 spiro atoms. The molecule has 0 bridgehead atoms. The lowest BCUT2D eigenvalue weighted by Crippen LogP contribution is -2.30. The zero-order chi connectivity index (χ0) is 13.3. The summed E-state index contributed by atoms with van der Waals surface area (Å²) in [6.45, 7) is 1.84. The number of anilines is 1. The minimum Gasteiger partial charge on any atom is -0.370 e. The predicted molar refractivity (Wildman–Crippen MR) is 62.8 cm³/mol. The number of alkyl halides is 3. The molecule has 18 heavy (non-hydrogen) atoms. The summed E-state index contributed by atoms with van der Waals surface area (Å²) >= 11 is 0. The highest BCUT2D eigenvalue weighted by Crippen LogP contribution is 2.31. The van der Waals surface area contributed by atoms with Gasteiger partial charge in [-0.1, -0.05) is 0 Å². The van der Waals surface area contributed by atoms with Gasteiger partial charge in [-0.15, -0.1) is 0 Å². The Kier molecular flexibility index (Phi) is 3.17. The molecule has 0 amide bonds. The lowest BCUT2D eigenvalue weighted by Gasteiger charge is -2.27. The summed E-state index contributed by atoms with van der Waals surface area (Å²) in [5, 5.41) is 9.80. The van der Waals surface area contributed by atoms with Crippen molar-refractivity contribution in [3.63, 3.8) is 0 Å². The van der Waals surface area contributed by atoms with Gasteiger partial charge in [0.05, 0.1) is 5.56 Å². The van der Waals surface area contributed by atoms with E-state index in [1.54, 1.807) is 18.4 Å². The van der Waals surface area contributed by atoms with Crippen molar-refractivity contribution >= 4 is 5.69 Å². The molecular formula is C13H12F3NO. The van der Waals surface area contributed by atoms with E-state index in [-0.39, 0.29) is 0 Å². The molecule has 1 heterocycles. The first-order valence-corrected chi connectivity index (χ1v) is 5.38. The number of aliphatic hydroxyl groups excluding tert-OH is 1. The number of aliphatic hydroxyl groups is 1. The van der Waals surface area contributed by atoms with Gasteiger partial charge >= 0.3 is 6.18 Å². The van der Waals surface area contributed by atoms with Gasteiger partial charge in [-0.3, -0.25) is 0 Å². The van der Waals surface area contributed by atoms with Crippen LogP contribution in [0.3, 0.4) is 0 Å². The molecule has 0 saturated carbocycles. The minimum absolute atomic E-state index is 0.510. The maximum Gasteiger partial charge on any atom is 0.416 e. The molecule has 2 nitrogen and oxygen atoms in total. The molecular weight excluding hydrogens is 243 g/mol. The summed E-state index contributed by atoms with van der Waals surface area (Å²) < 4.78 is 37.2. The molecule has 2 rings (SSSR count). The third kappa shape index (κ3) is 2.56. The Morgan fingerprint density at radius 2 is 1.78 bits per heavy atom. The molecule has 0 radical (unpaired) electrons. The van der Waals surface area contributed by atoms with Crippen LogP contribution in [0.2, 0.25) is 0 Å². The highest BCUT2D eigenvalue weighted by molar-refractivity contribution is 5.54. The van der Waals surface area contributed by atoms with Crippen LogP contribution >= 0.6 is 0 Å². The molecule has 1 unspecified atom stereocenters. The van der Waals surface area contributed by atoms with Gasteiger partial charge in [0.2, 0.25) is 0 Å². The molecule has 1 aromatic rings. The number of halogens is 3. The van der Waals surface area contributed by atoms with Crippen molar-refractivity contribution < 1.29 is 18.3 Å². The van der Waals surface area contributed by atoms with Gasteiger partial charge in [-0.25, -0.2) is 0 Å². The maximum absolute atomic E-state index is 12.4. The number of benzene rings is 1. The van der Waals surface area contributed by atoms with Crippen LogP contribution in [0.4, 0.5) is 18.9 Å². The van der Waals surface area contributed by atoms with E-state index in [2.05, 4.69) is 0 Å². The van der Waals surface area contributed by atoms with Crippen LogP contribution in [-0.2, 0) is 6.18 Å². The average Bonchev–Trinajstić information content (AvgIpc) is 2.28. The third-order valence-corrected chi connectivity index (χ3v) is 2.69. The van der Waals surface area contributed by atoms with E-state index in [0.29, 0.717) is 5.69 Å². The molecule has 1 aromatic carbocycles. The van der Waals surface area contributed by atoms with Crippen molar-refractivity contribution in [2.24, 2.45) is 0 Å². The molecule has 96 valence electrons. The quantitative estimate of drug-likeness (QED) is 0.832. The summed E-state index contributed by atoms with van der Waals surface area (Å²) in [4.78, 5) is 1.49. The Balaban J connectivity index is 2.24. The van der Waals surface area contributed by atoms with E-state index in [0.717, 1.165) is 17.7 Å². The van der Waals surface area contributed by atoms with E-state index < -0.39 is 18.0 Å². The molecule has 1 aliphatic rings. The van der Waals surface area contributed by atoms with Crippen molar-refractivity contribution in [1.82, 2.24) is 0 Å². The lowest BCUT2D eigenvalue weighted by molar-refractivity contribution is -0.137. The molecule has 1 atom stereocenters. The van der Waals surface area contributed by atoms with E-state index in [9.17, 15) is 18.3 Å². The van der Waals surface area contributed by atoms with E-state index in [1.165, 1.54) is 17.0 Å². The van der Waals surface area contributed by atoms with Crippen LogP contribution in [-0.4, -0.2) is 11.3 Å². The fraction of sp³-hybridized carbons (Fsp3) is 0.231. The maximum atomic E-state index is 12.4. The average molecular weight is 255 g/mol. The van der Waals surface area contributed by atoms with Crippen molar-refractivity contribution in [3.8, 4) is 0 Å². The molecule has 5 heteroatoms. The molecule has 1 aliphatic heterocycles. The highest BCUT2D eigenvalue weighted by Gasteiger charge is 2.30. The van der Waals surface area contributed by atoms with Gasteiger partial charge in [0.25, 0.3) is 0 Å². The summed E-state index contributed by atoms with van der Waals surface area (Å²) in [6, 6.07) is 4.68. The fourth-order valence-electron chi connectivity index (χ4n) is 1.72. The lowest BCUT2D eigenvalue weighted by atomic mass is 10.1. The first kappa shape index (κ1) is 12.7. The number of hydrogen-bond donors (Lipinski definition) is 1. The SMILES string of the molecule is CC1=CC(O)N(c2ccc(C(F)(F)F)cc2)C=C1. The van der Waals surface area contributed by atoms with Crippen molar-refractivity contribution in [3.05, 3.63) is 53.8 Å². The van der Waals surface area contributed by atoms with Crippen LogP contribution in [0.1, 0.15) is 12.5 Å². The van der Waals surface area contributed by atoms with Crippen molar-refractivity contribution in [2.75, 3.05) is 4.90 Å². The summed E-state index contributed by atoms with van der Waals surface area (Å²) in [5.74, 6) is 0. The van der Waals surface area contributed by atoms with Gasteiger partial charge < -0.3 is 10.0 Å². The number of nitrogens with zero attached hydrogens (tertiary/aromatic N) is 1. The largest absolute Gasteiger partial charge is 0.416 e. The zero-order valence-corrected chi connectivity index (χ0v) is 9.65. The second-order valence-corrected chi connectivity index (χ2v) is 4.09. The van der Waals surface area contributed by atoms with Gasteiger partial charge in [-0.2, -0.15) is 13.2 Å². The molecule has 0 aromatic heterocycles. The summed E-state index contributed by atoms with van der Waals surface area (Å²) in [6.07, 6.45) is -0.150. The standard InChI is InChI=1S/C13H12F3NO/c1-9-6-7-17(12(18)8-9)11-4-2-10(3-5-11)13(14,15)16/h2-8,12,18H,1H3. The van der Waals surface area contributed by atoms with Crippen LogP contribution < -0.4 is 4.90 Å². The normalized spacial score (nSPS) is 19.9. The van der Waals surface area contributed by atoms with Crippen LogP contribution in [0.15, 0.2) is 48.2 Å². The number of rotatable bonds is 1. The number of allylic oxidation sites excluding steroid dienone is 2. The Bertz CT molecular complexity index is 488. The van der Waals surface area contributed by atoms with Gasteiger partial charge in [0, 0.05) is 11.9 Å². The zero-order valence-electron chi connectivity index (χ0n) is 9.65. The Morgan fingerprint density at radius 3 is 2.28 bits per heavy atom. The fourth-order valence-corrected chi connectivity index (χ4v) is 1.72. The second-order valence-electron chi connectivity index (χ2n) is 4.09. The van der Waals surface area contributed by atoms with Crippen LogP contribution in [0.25, 0.3) is 0 Å². The van der Waals surface area contributed by atoms with Crippen LogP contribution in [0, 0.1) is 0 Å². The Labute approximate surface area is 103 Å². The van der Waals surface area contributed by atoms with Crippen LogP contribution in [0.5, 0.6) is 0 Å². The number of hydrogen-bond acceptors (Lipinski definition) is 2. The monoisotopic (exact) mass is 255 g/mol. The van der Waals surface area contributed by atoms with E-state index in [4.69, 9.17) is 0 Å². The molecule has 0 aliphatic carbocycles. The Morgan fingerprint density at radius 1 is 1.17 bits per heavy atom. The predicted octanol–water partition coefficient (Wildman–Crippen LogP) is 3.30. The first-order chi connectivity index (χ1) is 8.38. The highest BCUT2D eigenvalue weighted by atomic mass is 19.4. The van der Waals surface area contributed by atoms with Gasteiger partial charge in [-0.05, 0) is 48.9 Å². The molecule has 1 N–H and O–H groups in total. The smallest absolute Gasteiger partial charge is 0.370 e. The van der Waals surface area contributed by atoms with E-state index >= 15 is 0 Å². The summed E-state index contributed by atoms with van der Waals surface area (Å²) in [5.41, 5.74) is 0.717. The van der Waals surface area contributed by atoms with E-state index in [1.807, 2.05) is 6.92 Å². The van der Waals surface area contributed by atoms with Crippen molar-refractivity contribution in [2.45, 2.75) is 19.3 Å². The minimum atomic E-state index is -4.34. The molecule has 0 fully saturated rings. The van der Waals surface area contributed by atoms with Gasteiger partial charge in [0.1, 0.15) is 0 Å². The third-order valence-electron chi connectivity index (χ3n) is 2.69.